The molecule has 0 saturated carbocycles. The highest BCUT2D eigenvalue weighted by atomic mass is 16.5. The highest BCUT2D eigenvalue weighted by Gasteiger charge is 2.26. The Labute approximate surface area is 174 Å². The van der Waals surface area contributed by atoms with Gasteiger partial charge in [0.2, 0.25) is 0 Å². The van der Waals surface area contributed by atoms with Gasteiger partial charge in [0.15, 0.2) is 0 Å². The summed E-state index contributed by atoms with van der Waals surface area (Å²) in [6.07, 6.45) is 0. The Kier molecular flexibility index (Phi) is 5.06. The van der Waals surface area contributed by atoms with Crippen molar-refractivity contribution in [2.45, 2.75) is 0 Å². The van der Waals surface area contributed by atoms with E-state index < -0.39 is 0 Å². The molecule has 154 valence electrons. The van der Waals surface area contributed by atoms with E-state index in [4.69, 9.17) is 20.9 Å². The number of nitrogens with one attached hydrogen (secondary N) is 1. The quantitative estimate of drug-likeness (QED) is 0.666. The van der Waals surface area contributed by atoms with Crippen LogP contribution in [0, 0.1) is 11.3 Å². The number of aromatic amines is 1. The Hall–Kier alpha value is -3.93. The summed E-state index contributed by atoms with van der Waals surface area (Å²) < 4.78 is 10.8. The molecule has 2 aromatic heterocycles. The second-order valence-electron chi connectivity index (χ2n) is 6.99. The summed E-state index contributed by atoms with van der Waals surface area (Å²) in [6, 6.07) is 12.0. The monoisotopic (exact) mass is 406 g/mol. The van der Waals surface area contributed by atoms with Crippen LogP contribution in [0.25, 0.3) is 10.8 Å². The van der Waals surface area contributed by atoms with E-state index in [9.17, 15) is 5.26 Å². The van der Waals surface area contributed by atoms with Crippen LogP contribution in [0.15, 0.2) is 30.3 Å². The summed E-state index contributed by atoms with van der Waals surface area (Å²) in [7, 11) is 3.21. The average Bonchev–Trinajstić information content (AvgIpc) is 2.78. The van der Waals surface area contributed by atoms with Crippen LogP contribution in [0.2, 0.25) is 0 Å². The van der Waals surface area contributed by atoms with Crippen LogP contribution < -0.4 is 35.7 Å². The summed E-state index contributed by atoms with van der Waals surface area (Å²) >= 11 is 0. The van der Waals surface area contributed by atoms with Crippen LogP contribution in [0.4, 0.5) is 23.1 Å². The molecule has 1 saturated heterocycles. The normalized spacial score (nSPS) is 13.9. The molecule has 1 aliphatic rings. The van der Waals surface area contributed by atoms with Gasteiger partial charge < -0.3 is 25.0 Å². The third-order valence-corrected chi connectivity index (χ3v) is 5.38. The zero-order valence-electron chi connectivity index (χ0n) is 17.0. The largest absolute Gasteiger partial charge is 0.495 e. The molecular weight excluding hydrogens is 382 g/mol. The summed E-state index contributed by atoms with van der Waals surface area (Å²) in [6.45, 7) is 2.91. The molecule has 30 heavy (non-hydrogen) atoms. The van der Waals surface area contributed by atoms with Gasteiger partial charge in [-0.15, -0.1) is 0 Å². The third-order valence-electron chi connectivity index (χ3n) is 5.38. The average molecular weight is 406 g/mol. The van der Waals surface area contributed by atoms with Crippen molar-refractivity contribution in [2.75, 3.05) is 61.7 Å². The van der Waals surface area contributed by atoms with Gasteiger partial charge in [-0.1, -0.05) is 12.1 Å². The van der Waals surface area contributed by atoms with Crippen molar-refractivity contribution in [3.8, 4) is 17.7 Å². The number of pyridine rings is 2. The maximum atomic E-state index is 9.91. The Bertz CT molecular complexity index is 1130. The van der Waals surface area contributed by atoms with E-state index in [1.807, 2.05) is 24.3 Å². The molecule has 4 rings (SSSR count). The molecule has 0 spiro atoms. The highest BCUT2D eigenvalue weighted by molar-refractivity contribution is 6.03. The first-order chi connectivity index (χ1) is 14.6. The number of hydrogen-bond acceptors (Lipinski definition) is 8. The number of nitrogens with zero attached hydrogens (tertiary/aromatic N) is 4. The zero-order valence-corrected chi connectivity index (χ0v) is 17.0. The molecule has 0 amide bonds. The number of anilines is 4. The minimum Gasteiger partial charge on any atom is -0.495 e. The standard InChI is InChI=1S/C21H23N7O2/c1-29-16-6-4-3-5-15(16)27-7-9-28(10-8-27)21-14(12-22)13-11-17(30-2)25-19(23)18(13)20(24)26-21/h3-6,11H,7-10H2,1-2H3,(H2,23,25)(H2,24,26)/p+1. The van der Waals surface area contributed by atoms with Crippen molar-refractivity contribution >= 4 is 33.9 Å². The minimum atomic E-state index is 0.280. The number of ether oxygens (including phenoxy) is 2. The molecule has 3 aromatic rings. The summed E-state index contributed by atoms with van der Waals surface area (Å²) in [5.74, 6) is 2.46. The van der Waals surface area contributed by atoms with Gasteiger partial charge in [-0.25, -0.2) is 9.97 Å². The lowest BCUT2D eigenvalue weighted by Crippen LogP contribution is -2.47. The van der Waals surface area contributed by atoms with E-state index in [0.29, 0.717) is 46.9 Å². The van der Waals surface area contributed by atoms with Crippen molar-refractivity contribution < 1.29 is 14.5 Å². The van der Waals surface area contributed by atoms with E-state index in [1.54, 1.807) is 13.2 Å². The number of para-hydroxylation sites is 2. The van der Waals surface area contributed by atoms with E-state index in [0.717, 1.165) is 24.5 Å². The molecule has 0 atom stereocenters. The molecule has 9 heteroatoms. The molecule has 3 heterocycles. The minimum absolute atomic E-state index is 0.280. The van der Waals surface area contributed by atoms with E-state index in [2.05, 4.69) is 25.8 Å². The highest BCUT2D eigenvalue weighted by Crippen LogP contribution is 2.35. The number of nitrogen functional groups attached to an aromatic ring is 2. The fourth-order valence-electron chi connectivity index (χ4n) is 3.90. The second kappa shape index (κ2) is 7.83. The topological polar surface area (TPSA) is 128 Å². The van der Waals surface area contributed by atoms with Crippen LogP contribution in [-0.2, 0) is 0 Å². The number of piperazine rings is 1. The van der Waals surface area contributed by atoms with Crippen molar-refractivity contribution in [2.24, 2.45) is 0 Å². The fraction of sp³-hybridized carbons (Fsp3) is 0.286. The maximum Gasteiger partial charge on any atom is 0.284 e. The Morgan fingerprint density at radius 2 is 1.77 bits per heavy atom. The van der Waals surface area contributed by atoms with Crippen molar-refractivity contribution in [1.82, 2.24) is 4.98 Å². The number of fused-ring (bicyclic) bond motifs is 1. The Morgan fingerprint density at radius 3 is 2.43 bits per heavy atom. The summed E-state index contributed by atoms with van der Waals surface area (Å²) in [4.78, 5) is 11.8. The van der Waals surface area contributed by atoms with Crippen molar-refractivity contribution in [1.29, 1.82) is 5.26 Å². The maximum absolute atomic E-state index is 9.91. The number of nitrogens with two attached hydrogens (primary N) is 2. The number of hydrogen-bond donors (Lipinski definition) is 2. The molecule has 9 nitrogen and oxygen atoms in total. The first-order valence-electron chi connectivity index (χ1n) is 9.59. The van der Waals surface area contributed by atoms with Crippen LogP contribution in [0.1, 0.15) is 5.56 Å². The number of benzene rings is 1. The molecule has 0 aliphatic carbocycles. The molecule has 0 unspecified atom stereocenters. The van der Waals surface area contributed by atoms with E-state index >= 15 is 0 Å². The molecule has 0 radical (unpaired) electrons. The van der Waals surface area contributed by atoms with Gasteiger partial charge in [-0.2, -0.15) is 5.26 Å². The molecule has 5 N–H and O–H groups in total. The molecular formula is C21H24N7O2+. The van der Waals surface area contributed by atoms with Crippen molar-refractivity contribution in [3.05, 3.63) is 35.9 Å². The number of methoxy groups -OCH3 is 2. The van der Waals surface area contributed by atoms with Gasteiger partial charge in [0.25, 0.3) is 11.7 Å². The first kappa shape index (κ1) is 19.4. The number of rotatable bonds is 4. The first-order valence-corrected chi connectivity index (χ1v) is 9.59. The molecule has 0 bridgehead atoms. The van der Waals surface area contributed by atoms with Gasteiger partial charge >= 0.3 is 0 Å². The Balaban J connectivity index is 1.68. The number of aromatic nitrogens is 2. The number of nitriles is 1. The van der Waals surface area contributed by atoms with Gasteiger partial charge in [0.1, 0.15) is 34.4 Å². The predicted molar refractivity (Wildman–Crippen MR) is 116 cm³/mol. The smallest absolute Gasteiger partial charge is 0.284 e. The lowest BCUT2D eigenvalue weighted by atomic mass is 10.1. The van der Waals surface area contributed by atoms with Crippen LogP contribution in [0.5, 0.6) is 11.6 Å². The van der Waals surface area contributed by atoms with Crippen LogP contribution >= 0.6 is 0 Å². The lowest BCUT2D eigenvalue weighted by Gasteiger charge is -2.37. The summed E-state index contributed by atoms with van der Waals surface area (Å²) in [5, 5.41) is 11.1. The predicted octanol–water partition coefficient (Wildman–Crippen LogP) is 1.43. The molecule has 1 aliphatic heterocycles. The van der Waals surface area contributed by atoms with Gasteiger partial charge in [-0.05, 0) is 12.1 Å². The Morgan fingerprint density at radius 1 is 1.07 bits per heavy atom. The number of H-pyrrole nitrogens is 1. The van der Waals surface area contributed by atoms with Gasteiger partial charge in [0.05, 0.1) is 19.9 Å². The van der Waals surface area contributed by atoms with Crippen LogP contribution in [0.3, 0.4) is 0 Å². The lowest BCUT2D eigenvalue weighted by molar-refractivity contribution is -0.374. The second-order valence-corrected chi connectivity index (χ2v) is 6.99. The van der Waals surface area contributed by atoms with Crippen molar-refractivity contribution in [3.63, 3.8) is 0 Å². The van der Waals surface area contributed by atoms with Crippen LogP contribution in [-0.4, -0.2) is 45.4 Å². The van der Waals surface area contributed by atoms with E-state index in [1.165, 1.54) is 7.11 Å². The molecule has 1 fully saturated rings. The third kappa shape index (κ3) is 3.22. The van der Waals surface area contributed by atoms with Gasteiger partial charge in [-0.3, -0.25) is 5.73 Å². The molecule has 1 aromatic carbocycles. The zero-order chi connectivity index (χ0) is 21.3. The summed E-state index contributed by atoms with van der Waals surface area (Å²) in [5.41, 5.74) is 13.8. The fourth-order valence-corrected chi connectivity index (χ4v) is 3.90. The van der Waals surface area contributed by atoms with E-state index in [-0.39, 0.29) is 5.82 Å². The van der Waals surface area contributed by atoms with Gasteiger partial charge in [0, 0.05) is 37.6 Å². The SMILES string of the molecule is COc1cc2c(C#N)c(N3CCN(c4ccccc4OC)CC3)nc(N)c2c(N)[nH+]1.